The molecule has 4 aromatic carbocycles. The first kappa shape index (κ1) is 23.9. The Balaban J connectivity index is 1.58. The average molecular weight is 489 g/mol. The second kappa shape index (κ2) is 8.25. The maximum atomic E-state index is 11.9. The summed E-state index contributed by atoms with van der Waals surface area (Å²) in [7, 11) is 0. The SMILES string of the molecule is Cc1cc(C)c(-c2ccc3c(c2O)C2(CC3)CCc3ccc(-c4c(C)cc(C)cc4C)c(O)c32)c(C)c1. The highest BCUT2D eigenvalue weighted by atomic mass is 16.3. The van der Waals surface area contributed by atoms with E-state index in [-0.39, 0.29) is 5.41 Å². The lowest BCUT2D eigenvalue weighted by molar-refractivity contribution is 0.418. The van der Waals surface area contributed by atoms with E-state index in [9.17, 15) is 10.2 Å². The molecule has 37 heavy (non-hydrogen) atoms. The summed E-state index contributed by atoms with van der Waals surface area (Å²) in [5.41, 5.74) is 15.4. The summed E-state index contributed by atoms with van der Waals surface area (Å²) in [5, 5.41) is 23.9. The Hall–Kier alpha value is -3.52. The van der Waals surface area contributed by atoms with E-state index in [1.54, 1.807) is 0 Å². The van der Waals surface area contributed by atoms with Crippen molar-refractivity contribution < 1.29 is 10.2 Å². The van der Waals surface area contributed by atoms with E-state index in [0.717, 1.165) is 59.1 Å². The van der Waals surface area contributed by atoms with Crippen molar-refractivity contribution in [3.05, 3.63) is 104 Å². The second-order valence-corrected chi connectivity index (χ2v) is 11.6. The minimum absolute atomic E-state index is 0.357. The number of benzene rings is 4. The molecule has 0 saturated carbocycles. The van der Waals surface area contributed by atoms with Crippen LogP contribution in [0.1, 0.15) is 68.5 Å². The van der Waals surface area contributed by atoms with Gasteiger partial charge in [-0.15, -0.1) is 0 Å². The molecule has 2 aliphatic rings. The summed E-state index contributed by atoms with van der Waals surface area (Å²) in [6, 6.07) is 17.4. The van der Waals surface area contributed by atoms with Gasteiger partial charge >= 0.3 is 0 Å². The summed E-state index contributed by atoms with van der Waals surface area (Å²) in [5.74, 6) is 0.788. The van der Waals surface area contributed by atoms with Crippen molar-refractivity contribution in [3.8, 4) is 33.8 Å². The van der Waals surface area contributed by atoms with E-state index in [4.69, 9.17) is 0 Å². The van der Waals surface area contributed by atoms with Gasteiger partial charge in [0, 0.05) is 27.7 Å². The van der Waals surface area contributed by atoms with Crippen molar-refractivity contribution >= 4 is 0 Å². The van der Waals surface area contributed by atoms with E-state index in [1.807, 2.05) is 0 Å². The van der Waals surface area contributed by atoms with Gasteiger partial charge in [-0.25, -0.2) is 0 Å². The second-order valence-electron chi connectivity index (χ2n) is 11.6. The van der Waals surface area contributed by atoms with Gasteiger partial charge in [0.1, 0.15) is 11.5 Å². The van der Waals surface area contributed by atoms with Crippen LogP contribution in [0.4, 0.5) is 0 Å². The van der Waals surface area contributed by atoms with E-state index in [2.05, 4.69) is 90.1 Å². The Morgan fingerprint density at radius 1 is 0.541 bits per heavy atom. The maximum Gasteiger partial charge on any atom is 0.127 e. The maximum absolute atomic E-state index is 11.9. The minimum Gasteiger partial charge on any atom is -0.507 e. The molecule has 0 amide bonds. The number of fused-ring (bicyclic) bond motifs is 4. The lowest BCUT2D eigenvalue weighted by Crippen LogP contribution is -2.22. The Labute approximate surface area is 220 Å². The van der Waals surface area contributed by atoms with Crippen LogP contribution in [0.3, 0.4) is 0 Å². The number of hydrogen-bond acceptors (Lipinski definition) is 2. The highest BCUT2D eigenvalue weighted by Crippen LogP contribution is 2.60. The summed E-state index contributed by atoms with van der Waals surface area (Å²) >= 11 is 0. The van der Waals surface area contributed by atoms with Crippen LogP contribution in [0.2, 0.25) is 0 Å². The summed E-state index contributed by atoms with van der Waals surface area (Å²) < 4.78 is 0. The summed E-state index contributed by atoms with van der Waals surface area (Å²) in [6.45, 7) is 12.8. The predicted molar refractivity (Wildman–Crippen MR) is 153 cm³/mol. The molecule has 0 atom stereocenters. The zero-order chi connectivity index (χ0) is 26.2. The van der Waals surface area contributed by atoms with Crippen molar-refractivity contribution in [1.29, 1.82) is 0 Å². The molecular formula is C35H36O2. The van der Waals surface area contributed by atoms with Gasteiger partial charge < -0.3 is 10.2 Å². The zero-order valence-corrected chi connectivity index (χ0v) is 22.8. The fraction of sp³-hybridized carbons (Fsp3) is 0.314. The van der Waals surface area contributed by atoms with Gasteiger partial charge in [-0.2, -0.15) is 0 Å². The van der Waals surface area contributed by atoms with Crippen LogP contribution >= 0.6 is 0 Å². The van der Waals surface area contributed by atoms with Gasteiger partial charge in [0.15, 0.2) is 0 Å². The van der Waals surface area contributed by atoms with Crippen molar-refractivity contribution in [2.45, 2.75) is 72.6 Å². The third-order valence-corrected chi connectivity index (χ3v) is 9.02. The third-order valence-electron chi connectivity index (χ3n) is 9.02. The van der Waals surface area contributed by atoms with Gasteiger partial charge in [-0.1, -0.05) is 59.7 Å². The number of hydrogen-bond donors (Lipinski definition) is 2. The van der Waals surface area contributed by atoms with E-state index in [1.165, 1.54) is 44.5 Å². The van der Waals surface area contributed by atoms with Gasteiger partial charge in [-0.3, -0.25) is 0 Å². The van der Waals surface area contributed by atoms with Gasteiger partial charge in [-0.05, 0) is 112 Å². The number of aromatic hydroxyl groups is 2. The molecule has 0 fully saturated rings. The fourth-order valence-electron chi connectivity index (χ4n) is 7.81. The number of aryl methyl sites for hydroxylation is 8. The quantitative estimate of drug-likeness (QED) is 0.297. The minimum atomic E-state index is -0.357. The molecule has 0 unspecified atom stereocenters. The monoisotopic (exact) mass is 488 g/mol. The third kappa shape index (κ3) is 3.38. The molecule has 2 aliphatic carbocycles. The lowest BCUT2D eigenvalue weighted by atomic mass is 9.74. The van der Waals surface area contributed by atoms with Crippen LogP contribution < -0.4 is 0 Å². The molecule has 6 rings (SSSR count). The predicted octanol–water partition coefficient (Wildman–Crippen LogP) is 8.46. The number of phenols is 2. The molecule has 0 aliphatic heterocycles. The molecule has 1 spiro atoms. The first-order valence-electron chi connectivity index (χ1n) is 13.5. The van der Waals surface area contributed by atoms with E-state index in [0.29, 0.717) is 11.5 Å². The van der Waals surface area contributed by atoms with Crippen LogP contribution in [0.5, 0.6) is 11.5 Å². The van der Waals surface area contributed by atoms with Crippen LogP contribution in [-0.2, 0) is 18.3 Å². The van der Waals surface area contributed by atoms with Crippen molar-refractivity contribution in [1.82, 2.24) is 0 Å². The van der Waals surface area contributed by atoms with E-state index < -0.39 is 0 Å². The highest BCUT2D eigenvalue weighted by molar-refractivity contribution is 5.83. The number of phenolic OH excluding ortho intramolecular Hbond substituents is 2. The molecular weight excluding hydrogens is 452 g/mol. The first-order chi connectivity index (χ1) is 17.6. The zero-order valence-electron chi connectivity index (χ0n) is 22.8. The van der Waals surface area contributed by atoms with Gasteiger partial charge in [0.25, 0.3) is 0 Å². The Morgan fingerprint density at radius 2 is 0.892 bits per heavy atom. The Kier molecular flexibility index (Phi) is 5.32. The highest BCUT2D eigenvalue weighted by Gasteiger charge is 2.49. The Bertz CT molecular complexity index is 1440. The Morgan fingerprint density at radius 3 is 1.24 bits per heavy atom. The van der Waals surface area contributed by atoms with Crippen LogP contribution in [0.25, 0.3) is 22.3 Å². The molecule has 0 aromatic heterocycles. The first-order valence-corrected chi connectivity index (χ1v) is 13.5. The van der Waals surface area contributed by atoms with Crippen LogP contribution in [0, 0.1) is 41.5 Å². The van der Waals surface area contributed by atoms with Gasteiger partial charge in [0.05, 0.1) is 0 Å². The van der Waals surface area contributed by atoms with Crippen molar-refractivity contribution in [2.75, 3.05) is 0 Å². The molecule has 188 valence electrons. The largest absolute Gasteiger partial charge is 0.507 e. The fourth-order valence-corrected chi connectivity index (χ4v) is 7.81. The molecule has 0 radical (unpaired) electrons. The van der Waals surface area contributed by atoms with Gasteiger partial charge in [0.2, 0.25) is 0 Å². The molecule has 2 nitrogen and oxygen atoms in total. The number of rotatable bonds is 2. The van der Waals surface area contributed by atoms with E-state index >= 15 is 0 Å². The summed E-state index contributed by atoms with van der Waals surface area (Å²) in [6.07, 6.45) is 3.67. The van der Waals surface area contributed by atoms with Crippen LogP contribution in [0.15, 0.2) is 48.5 Å². The topological polar surface area (TPSA) is 40.5 Å². The van der Waals surface area contributed by atoms with Crippen molar-refractivity contribution in [3.63, 3.8) is 0 Å². The lowest BCUT2D eigenvalue weighted by Gasteiger charge is -2.30. The molecule has 0 bridgehead atoms. The molecule has 4 aromatic rings. The molecule has 0 saturated heterocycles. The standard InChI is InChI=1S/C35H36O2/c1-19-15-21(3)29(22(4)16-19)27-9-7-25-11-13-35(31(25)33(27)36)14-12-26-8-10-28(34(37)32(26)35)30-23(5)17-20(2)18-24(30)6/h7-10,15-18,36-37H,11-14H2,1-6H3. The van der Waals surface area contributed by atoms with Crippen LogP contribution in [-0.4, -0.2) is 10.2 Å². The average Bonchev–Trinajstić information content (AvgIpc) is 3.38. The molecule has 2 heteroatoms. The van der Waals surface area contributed by atoms with Crippen molar-refractivity contribution in [2.24, 2.45) is 0 Å². The molecule has 2 N–H and O–H groups in total. The molecule has 0 heterocycles. The smallest absolute Gasteiger partial charge is 0.127 e. The summed E-state index contributed by atoms with van der Waals surface area (Å²) in [4.78, 5) is 0. The normalized spacial score (nSPS) is 15.3.